The number of benzene rings is 1. The van der Waals surface area contributed by atoms with Crippen LogP contribution in [0.1, 0.15) is 51.5 Å². The Bertz CT molecular complexity index is 472. The Morgan fingerprint density at radius 2 is 1.95 bits per heavy atom. The summed E-state index contributed by atoms with van der Waals surface area (Å²) >= 11 is 0. The Morgan fingerprint density at radius 3 is 2.65 bits per heavy atom. The fourth-order valence-electron chi connectivity index (χ4n) is 3.16. The van der Waals surface area contributed by atoms with Gasteiger partial charge in [0.2, 0.25) is 0 Å². The predicted molar refractivity (Wildman–Crippen MR) is 80.4 cm³/mol. The van der Waals surface area contributed by atoms with Crippen molar-refractivity contribution < 1.29 is 9.13 Å². The van der Waals surface area contributed by atoms with Gasteiger partial charge in [-0.25, -0.2) is 4.39 Å². The smallest absolute Gasteiger partial charge is 0.168 e. The Labute approximate surface area is 121 Å². The lowest BCUT2D eigenvalue weighted by Gasteiger charge is -2.29. The van der Waals surface area contributed by atoms with Crippen LogP contribution in [0, 0.1) is 11.2 Å². The molecule has 0 aliphatic heterocycles. The van der Waals surface area contributed by atoms with Crippen LogP contribution in [0.5, 0.6) is 5.75 Å². The third kappa shape index (κ3) is 3.51. The van der Waals surface area contributed by atoms with Crippen LogP contribution in [-0.4, -0.2) is 12.6 Å². The van der Waals surface area contributed by atoms with Gasteiger partial charge < -0.3 is 10.5 Å². The van der Waals surface area contributed by atoms with Crippen molar-refractivity contribution in [2.24, 2.45) is 11.1 Å². The molecule has 1 aromatic carbocycles. The maximum absolute atomic E-state index is 14.3. The zero-order valence-electron chi connectivity index (χ0n) is 12.8. The van der Waals surface area contributed by atoms with Gasteiger partial charge in [0.1, 0.15) is 0 Å². The average Bonchev–Trinajstić information content (AvgIpc) is 2.52. The molecule has 1 aliphatic rings. The van der Waals surface area contributed by atoms with Crippen molar-refractivity contribution in [2.75, 3.05) is 7.11 Å². The molecule has 0 spiro atoms. The molecule has 112 valence electrons. The third-order valence-corrected chi connectivity index (χ3v) is 4.63. The van der Waals surface area contributed by atoms with Crippen molar-refractivity contribution in [3.05, 3.63) is 29.6 Å². The zero-order chi connectivity index (χ0) is 14.8. The molecule has 0 heterocycles. The van der Waals surface area contributed by atoms with Crippen LogP contribution >= 0.6 is 0 Å². The number of hydrogen-bond acceptors (Lipinski definition) is 2. The minimum atomic E-state index is -0.291. The van der Waals surface area contributed by atoms with Gasteiger partial charge in [-0.2, -0.15) is 0 Å². The van der Waals surface area contributed by atoms with Gasteiger partial charge in [0, 0.05) is 5.54 Å². The van der Waals surface area contributed by atoms with E-state index >= 15 is 0 Å². The largest absolute Gasteiger partial charge is 0.494 e. The van der Waals surface area contributed by atoms with E-state index in [2.05, 4.69) is 13.8 Å². The lowest BCUT2D eigenvalue weighted by Crippen LogP contribution is -2.42. The van der Waals surface area contributed by atoms with E-state index < -0.39 is 0 Å². The van der Waals surface area contributed by atoms with Crippen molar-refractivity contribution >= 4 is 0 Å². The Morgan fingerprint density at radius 1 is 1.20 bits per heavy atom. The Hall–Kier alpha value is -1.09. The second kappa shape index (κ2) is 5.72. The summed E-state index contributed by atoms with van der Waals surface area (Å²) in [5, 5.41) is 0. The van der Waals surface area contributed by atoms with Crippen LogP contribution in [0.15, 0.2) is 18.2 Å². The lowest BCUT2D eigenvalue weighted by atomic mass is 9.81. The van der Waals surface area contributed by atoms with Crippen molar-refractivity contribution in [3.8, 4) is 5.75 Å². The first-order valence-corrected chi connectivity index (χ1v) is 7.46. The summed E-state index contributed by atoms with van der Waals surface area (Å²) in [7, 11) is 1.49. The molecule has 1 aliphatic carbocycles. The highest BCUT2D eigenvalue weighted by Crippen LogP contribution is 2.38. The summed E-state index contributed by atoms with van der Waals surface area (Å²) in [6, 6.07) is 5.31. The third-order valence-electron chi connectivity index (χ3n) is 4.63. The number of methoxy groups -OCH3 is 1. The van der Waals surface area contributed by atoms with E-state index in [1.165, 1.54) is 13.5 Å². The van der Waals surface area contributed by atoms with Gasteiger partial charge in [0.25, 0.3) is 0 Å². The molecule has 20 heavy (non-hydrogen) atoms. The maximum atomic E-state index is 14.3. The van der Waals surface area contributed by atoms with E-state index in [9.17, 15) is 4.39 Å². The summed E-state index contributed by atoms with van der Waals surface area (Å²) in [5.41, 5.74) is 7.30. The van der Waals surface area contributed by atoms with Gasteiger partial charge in [-0.1, -0.05) is 32.4 Å². The first-order chi connectivity index (χ1) is 9.35. The molecule has 2 N–H and O–H groups in total. The molecule has 1 fully saturated rings. The highest BCUT2D eigenvalue weighted by atomic mass is 19.1. The minimum Gasteiger partial charge on any atom is -0.494 e. The SMILES string of the molecule is COc1cccc(CC2(N)CCCC(C)(C)CC2)c1F. The molecule has 0 radical (unpaired) electrons. The van der Waals surface area contributed by atoms with Crippen molar-refractivity contribution in [2.45, 2.75) is 57.9 Å². The minimum absolute atomic E-state index is 0.261. The summed E-state index contributed by atoms with van der Waals surface area (Å²) in [6.07, 6.45) is 5.94. The molecule has 2 rings (SSSR count). The standard InChI is InChI=1S/C17H26FNO/c1-16(2)8-5-9-17(19,11-10-16)12-13-6-4-7-14(20-3)15(13)18/h4,6-7H,5,8-12,19H2,1-3H3. The van der Waals surface area contributed by atoms with Gasteiger partial charge in [-0.3, -0.25) is 0 Å². The van der Waals surface area contributed by atoms with Gasteiger partial charge in [0.05, 0.1) is 7.11 Å². The molecule has 0 aromatic heterocycles. The average molecular weight is 279 g/mol. The van der Waals surface area contributed by atoms with E-state index in [4.69, 9.17) is 10.5 Å². The monoisotopic (exact) mass is 279 g/mol. The van der Waals surface area contributed by atoms with Gasteiger partial charge in [0.15, 0.2) is 11.6 Å². The molecule has 3 heteroatoms. The molecule has 1 atom stereocenters. The first-order valence-electron chi connectivity index (χ1n) is 7.46. The predicted octanol–water partition coefficient (Wildman–Crippen LogP) is 4.06. The molecule has 2 nitrogen and oxygen atoms in total. The van der Waals surface area contributed by atoms with Crippen molar-refractivity contribution in [1.82, 2.24) is 0 Å². The second-order valence-corrected chi connectivity index (χ2v) is 6.99. The number of ether oxygens (including phenoxy) is 1. The highest BCUT2D eigenvalue weighted by Gasteiger charge is 2.33. The number of rotatable bonds is 3. The first kappa shape index (κ1) is 15.3. The van der Waals surface area contributed by atoms with Crippen LogP contribution in [0.4, 0.5) is 4.39 Å². The molecule has 1 saturated carbocycles. The second-order valence-electron chi connectivity index (χ2n) is 6.99. The van der Waals surface area contributed by atoms with Crippen LogP contribution in [-0.2, 0) is 6.42 Å². The van der Waals surface area contributed by atoms with Crippen molar-refractivity contribution in [1.29, 1.82) is 0 Å². The normalized spacial score (nSPS) is 26.1. The van der Waals surface area contributed by atoms with E-state index in [1.54, 1.807) is 6.07 Å². The quantitative estimate of drug-likeness (QED) is 0.847. The summed E-state index contributed by atoms with van der Waals surface area (Å²) in [4.78, 5) is 0. The zero-order valence-corrected chi connectivity index (χ0v) is 12.8. The van der Waals surface area contributed by atoms with Crippen LogP contribution < -0.4 is 10.5 Å². The Balaban J connectivity index is 2.16. The summed E-state index contributed by atoms with van der Waals surface area (Å²) < 4.78 is 19.3. The fraction of sp³-hybridized carbons (Fsp3) is 0.647. The Kier molecular flexibility index (Phi) is 4.38. The van der Waals surface area contributed by atoms with Gasteiger partial charge in [-0.05, 0) is 49.1 Å². The fourth-order valence-corrected chi connectivity index (χ4v) is 3.16. The van der Waals surface area contributed by atoms with Crippen LogP contribution in [0.3, 0.4) is 0 Å². The molecule has 1 unspecified atom stereocenters. The number of halogens is 1. The number of nitrogens with two attached hydrogens (primary N) is 1. The van der Waals surface area contributed by atoms with E-state index in [-0.39, 0.29) is 11.4 Å². The van der Waals surface area contributed by atoms with Gasteiger partial charge >= 0.3 is 0 Å². The van der Waals surface area contributed by atoms with E-state index in [0.29, 0.717) is 23.1 Å². The maximum Gasteiger partial charge on any atom is 0.168 e. The lowest BCUT2D eigenvalue weighted by molar-refractivity contribution is 0.295. The molecular formula is C17H26FNO. The number of hydrogen-bond donors (Lipinski definition) is 1. The highest BCUT2D eigenvalue weighted by molar-refractivity contribution is 5.32. The molecular weight excluding hydrogens is 253 g/mol. The van der Waals surface area contributed by atoms with E-state index in [0.717, 1.165) is 25.7 Å². The van der Waals surface area contributed by atoms with Gasteiger partial charge in [-0.15, -0.1) is 0 Å². The topological polar surface area (TPSA) is 35.2 Å². The summed E-state index contributed by atoms with van der Waals surface area (Å²) in [5.74, 6) is 0.0448. The molecule has 0 bridgehead atoms. The summed E-state index contributed by atoms with van der Waals surface area (Å²) in [6.45, 7) is 4.59. The molecule has 0 amide bonds. The van der Waals surface area contributed by atoms with Crippen molar-refractivity contribution in [3.63, 3.8) is 0 Å². The van der Waals surface area contributed by atoms with Crippen LogP contribution in [0.25, 0.3) is 0 Å². The van der Waals surface area contributed by atoms with Crippen LogP contribution in [0.2, 0.25) is 0 Å². The molecule has 0 saturated heterocycles. The van der Waals surface area contributed by atoms with E-state index in [1.807, 2.05) is 12.1 Å². The molecule has 1 aromatic rings.